The summed E-state index contributed by atoms with van der Waals surface area (Å²) in [5.74, 6) is 0.0780. The van der Waals surface area contributed by atoms with E-state index >= 15 is 0 Å². The number of hydrazone groups is 1. The molecular formula is C29H33N4O3+. The lowest BCUT2D eigenvalue weighted by molar-refractivity contribution is -0.596. The third kappa shape index (κ3) is 5.40. The smallest absolute Gasteiger partial charge is 0.304 e. The SMILES string of the molecule is CCN(CC)c1ccc(/C=[N+]2\NC(=O)[C@H](NC(=O)c3ccc(OC)cc3)[C@@H]2c2ccc(C)cc2)cc1. The molecule has 1 aliphatic heterocycles. The maximum atomic E-state index is 13.1. The number of methoxy groups -OCH3 is 1. The van der Waals surface area contributed by atoms with Crippen LogP contribution >= 0.6 is 0 Å². The molecule has 36 heavy (non-hydrogen) atoms. The Morgan fingerprint density at radius 3 is 2.22 bits per heavy atom. The van der Waals surface area contributed by atoms with Gasteiger partial charge in [0.2, 0.25) is 12.3 Å². The summed E-state index contributed by atoms with van der Waals surface area (Å²) in [4.78, 5) is 28.4. The number of hydrazine groups is 1. The van der Waals surface area contributed by atoms with Gasteiger partial charge in [0.25, 0.3) is 5.91 Å². The Labute approximate surface area is 212 Å². The van der Waals surface area contributed by atoms with Gasteiger partial charge in [-0.25, -0.2) is 0 Å². The lowest BCUT2D eigenvalue weighted by Crippen LogP contribution is -2.42. The number of hydrogen-bond acceptors (Lipinski definition) is 4. The first-order chi connectivity index (χ1) is 17.4. The van der Waals surface area contributed by atoms with E-state index in [4.69, 9.17) is 4.74 Å². The van der Waals surface area contributed by atoms with Crippen LogP contribution in [0.3, 0.4) is 0 Å². The fourth-order valence-corrected chi connectivity index (χ4v) is 4.43. The van der Waals surface area contributed by atoms with Crippen LogP contribution in [0.25, 0.3) is 0 Å². The molecule has 0 aliphatic carbocycles. The van der Waals surface area contributed by atoms with Crippen molar-refractivity contribution in [2.75, 3.05) is 25.1 Å². The fourth-order valence-electron chi connectivity index (χ4n) is 4.43. The van der Waals surface area contributed by atoms with Crippen molar-refractivity contribution in [2.45, 2.75) is 32.9 Å². The molecule has 0 saturated carbocycles. The zero-order valence-corrected chi connectivity index (χ0v) is 21.2. The summed E-state index contributed by atoms with van der Waals surface area (Å²) in [6.45, 7) is 8.16. The maximum Gasteiger partial charge on any atom is 0.304 e. The van der Waals surface area contributed by atoms with E-state index in [9.17, 15) is 9.59 Å². The van der Waals surface area contributed by atoms with Crippen LogP contribution in [0.2, 0.25) is 0 Å². The highest BCUT2D eigenvalue weighted by molar-refractivity contribution is 5.98. The van der Waals surface area contributed by atoms with Crippen LogP contribution in [-0.4, -0.2) is 49.0 Å². The molecular weight excluding hydrogens is 452 g/mol. The highest BCUT2D eigenvalue weighted by atomic mass is 16.5. The topological polar surface area (TPSA) is 73.7 Å². The Hall–Kier alpha value is -4.13. The monoisotopic (exact) mass is 485 g/mol. The number of benzene rings is 3. The van der Waals surface area contributed by atoms with Gasteiger partial charge in [-0.15, -0.1) is 10.1 Å². The van der Waals surface area contributed by atoms with Crippen molar-refractivity contribution in [3.05, 3.63) is 95.1 Å². The molecule has 3 aromatic rings. The average Bonchev–Trinajstić information content (AvgIpc) is 3.20. The van der Waals surface area contributed by atoms with E-state index < -0.39 is 12.1 Å². The molecule has 1 heterocycles. The van der Waals surface area contributed by atoms with E-state index in [-0.39, 0.29) is 11.8 Å². The molecule has 2 N–H and O–H groups in total. The molecule has 2 atom stereocenters. The number of rotatable bonds is 8. The highest BCUT2D eigenvalue weighted by Gasteiger charge is 2.47. The molecule has 7 nitrogen and oxygen atoms in total. The van der Waals surface area contributed by atoms with E-state index in [1.807, 2.05) is 49.5 Å². The molecule has 0 unspecified atom stereocenters. The summed E-state index contributed by atoms with van der Waals surface area (Å²) in [6.07, 6.45) is 1.91. The summed E-state index contributed by atoms with van der Waals surface area (Å²) in [5, 5.41) is 2.94. The summed E-state index contributed by atoms with van der Waals surface area (Å²) in [6, 6.07) is 21.9. The molecule has 0 radical (unpaired) electrons. The van der Waals surface area contributed by atoms with Crippen LogP contribution in [-0.2, 0) is 4.79 Å². The van der Waals surface area contributed by atoms with Crippen molar-refractivity contribution >= 4 is 23.7 Å². The van der Waals surface area contributed by atoms with Gasteiger partial charge in [0, 0.05) is 35.5 Å². The number of hydrogen-bond donors (Lipinski definition) is 2. The van der Waals surface area contributed by atoms with Crippen molar-refractivity contribution in [1.29, 1.82) is 0 Å². The lowest BCUT2D eigenvalue weighted by Gasteiger charge is -2.20. The normalized spacial score (nSPS) is 18.1. The van der Waals surface area contributed by atoms with Gasteiger partial charge in [0.05, 0.1) is 7.11 Å². The minimum atomic E-state index is -0.770. The van der Waals surface area contributed by atoms with Crippen LogP contribution in [0, 0.1) is 6.92 Å². The fraction of sp³-hybridized carbons (Fsp3) is 0.276. The number of aryl methyl sites for hydroxylation is 1. The Balaban J connectivity index is 1.65. The second-order valence-electron chi connectivity index (χ2n) is 8.81. The predicted molar refractivity (Wildman–Crippen MR) is 142 cm³/mol. The first-order valence-electron chi connectivity index (χ1n) is 12.2. The van der Waals surface area contributed by atoms with E-state index in [1.165, 1.54) is 0 Å². The summed E-state index contributed by atoms with van der Waals surface area (Å²) >= 11 is 0. The van der Waals surface area contributed by atoms with Crippen molar-refractivity contribution in [1.82, 2.24) is 10.7 Å². The van der Waals surface area contributed by atoms with Crippen LogP contribution < -0.4 is 20.4 Å². The van der Waals surface area contributed by atoms with E-state index in [0.717, 1.165) is 35.5 Å². The molecule has 0 aromatic heterocycles. The standard InChI is InChI=1S/C29H32N4O3/c1-5-32(6-2)24-15-9-21(10-16-24)19-33-27(22-11-7-20(3)8-12-22)26(29(35)31-33)30-28(34)23-13-17-25(36-4)18-14-23/h7-19,26-27H,5-6H2,1-4H3,(H-,30,31,34,35)/p+1/t26-,27+/m1/s1. The molecule has 7 heteroatoms. The van der Waals surface area contributed by atoms with Crippen LogP contribution in [0.1, 0.15) is 46.9 Å². The Morgan fingerprint density at radius 2 is 1.64 bits per heavy atom. The quantitative estimate of drug-likeness (QED) is 0.475. The number of carbonyl (C=O) groups excluding carboxylic acids is 2. The Morgan fingerprint density at radius 1 is 1.00 bits per heavy atom. The predicted octanol–water partition coefficient (Wildman–Crippen LogP) is 3.87. The zero-order chi connectivity index (χ0) is 25.7. The number of carbonyl (C=O) groups is 2. The molecule has 1 aliphatic rings. The number of amides is 2. The average molecular weight is 486 g/mol. The molecule has 186 valence electrons. The largest absolute Gasteiger partial charge is 0.497 e. The van der Waals surface area contributed by atoms with Gasteiger partial charge in [-0.2, -0.15) is 0 Å². The van der Waals surface area contributed by atoms with Crippen molar-refractivity contribution in [3.8, 4) is 5.75 Å². The molecule has 0 bridgehead atoms. The van der Waals surface area contributed by atoms with Crippen molar-refractivity contribution in [2.24, 2.45) is 0 Å². The third-order valence-electron chi connectivity index (χ3n) is 6.50. The van der Waals surface area contributed by atoms with Crippen LogP contribution in [0.4, 0.5) is 5.69 Å². The van der Waals surface area contributed by atoms with Gasteiger partial charge in [-0.1, -0.05) is 29.8 Å². The molecule has 1 saturated heterocycles. The first-order valence-corrected chi connectivity index (χ1v) is 12.2. The summed E-state index contributed by atoms with van der Waals surface area (Å²) in [5.41, 5.74) is 7.56. The molecule has 2 amide bonds. The maximum absolute atomic E-state index is 13.1. The van der Waals surface area contributed by atoms with E-state index in [1.54, 1.807) is 36.1 Å². The van der Waals surface area contributed by atoms with Gasteiger partial charge in [0.1, 0.15) is 5.75 Å². The highest BCUT2D eigenvalue weighted by Crippen LogP contribution is 2.26. The van der Waals surface area contributed by atoms with E-state index in [0.29, 0.717) is 11.3 Å². The van der Waals surface area contributed by atoms with Crippen LogP contribution in [0.15, 0.2) is 72.8 Å². The molecule has 0 spiro atoms. The second kappa shape index (κ2) is 11.1. The summed E-state index contributed by atoms with van der Waals surface area (Å²) in [7, 11) is 1.58. The van der Waals surface area contributed by atoms with Gasteiger partial charge in [-0.3, -0.25) is 9.59 Å². The van der Waals surface area contributed by atoms with Gasteiger partial charge >= 0.3 is 5.91 Å². The number of nitrogens with zero attached hydrogens (tertiary/aromatic N) is 2. The van der Waals surface area contributed by atoms with Crippen molar-refractivity contribution < 1.29 is 19.0 Å². The molecule has 3 aromatic carbocycles. The van der Waals surface area contributed by atoms with E-state index in [2.05, 4.69) is 41.6 Å². The minimum Gasteiger partial charge on any atom is -0.497 e. The summed E-state index contributed by atoms with van der Waals surface area (Å²) < 4.78 is 6.97. The lowest BCUT2D eigenvalue weighted by atomic mass is 9.98. The number of ether oxygens (including phenoxy) is 1. The van der Waals surface area contributed by atoms with Crippen molar-refractivity contribution in [3.63, 3.8) is 0 Å². The number of anilines is 1. The first kappa shape index (κ1) is 25.0. The van der Waals surface area contributed by atoms with Gasteiger partial charge < -0.3 is 15.0 Å². The molecule has 1 fully saturated rings. The van der Waals surface area contributed by atoms with Gasteiger partial charge in [-0.05, 0) is 69.3 Å². The minimum absolute atomic E-state index is 0.265. The Kier molecular flexibility index (Phi) is 7.68. The van der Waals surface area contributed by atoms with Crippen LogP contribution in [0.5, 0.6) is 5.75 Å². The zero-order valence-electron chi connectivity index (χ0n) is 21.2. The number of nitrogens with one attached hydrogen (secondary N) is 2. The molecule has 4 rings (SSSR count). The Bertz CT molecular complexity index is 1230. The second-order valence-corrected chi connectivity index (χ2v) is 8.81. The third-order valence-corrected chi connectivity index (χ3v) is 6.50. The van der Waals surface area contributed by atoms with Gasteiger partial charge in [0.15, 0.2) is 6.04 Å².